The van der Waals surface area contributed by atoms with Gasteiger partial charge in [0.15, 0.2) is 0 Å². The average molecular weight is 401 g/mol. The minimum atomic E-state index is -1.17. The lowest BCUT2D eigenvalue weighted by molar-refractivity contribution is -0.139. The van der Waals surface area contributed by atoms with Gasteiger partial charge >= 0.3 is 5.97 Å². The van der Waals surface area contributed by atoms with Crippen LogP contribution in [-0.2, 0) is 19.2 Å². The molecule has 0 heterocycles. The van der Waals surface area contributed by atoms with Crippen molar-refractivity contribution in [2.45, 2.75) is 72.5 Å². The van der Waals surface area contributed by atoms with E-state index < -0.39 is 48.4 Å². The fraction of sp³-hybridized carbons (Fsp3) is 0.789. The zero-order valence-electron chi connectivity index (χ0n) is 17.7. The number of hydrogen-bond acceptors (Lipinski definition) is 5. The number of carbonyl (C=O) groups is 4. The molecule has 0 rings (SSSR count). The van der Waals surface area contributed by atoms with Crippen molar-refractivity contribution >= 4 is 23.7 Å². The molecule has 0 aliphatic carbocycles. The molecule has 0 bridgehead atoms. The van der Waals surface area contributed by atoms with E-state index in [4.69, 9.17) is 10.8 Å². The van der Waals surface area contributed by atoms with Gasteiger partial charge in [0.05, 0.1) is 6.04 Å². The quantitative estimate of drug-likeness (QED) is 0.316. The monoisotopic (exact) mass is 400 g/mol. The summed E-state index contributed by atoms with van der Waals surface area (Å²) in [5, 5.41) is 16.4. The molecule has 162 valence electrons. The van der Waals surface area contributed by atoms with Crippen LogP contribution in [0.2, 0.25) is 0 Å². The van der Waals surface area contributed by atoms with Crippen molar-refractivity contribution in [2.24, 2.45) is 23.5 Å². The molecule has 0 spiro atoms. The fourth-order valence-electron chi connectivity index (χ4n) is 2.51. The van der Waals surface area contributed by atoms with Gasteiger partial charge in [-0.15, -0.1) is 0 Å². The van der Waals surface area contributed by atoms with Crippen molar-refractivity contribution in [2.75, 3.05) is 6.54 Å². The van der Waals surface area contributed by atoms with Gasteiger partial charge in [-0.3, -0.25) is 19.2 Å². The Balaban J connectivity index is 5.26. The number of aliphatic carboxylic acids is 1. The Hall–Kier alpha value is -2.16. The van der Waals surface area contributed by atoms with Crippen LogP contribution in [0.1, 0.15) is 54.4 Å². The van der Waals surface area contributed by atoms with Crippen LogP contribution in [0.25, 0.3) is 0 Å². The van der Waals surface area contributed by atoms with Gasteiger partial charge in [-0.2, -0.15) is 0 Å². The van der Waals surface area contributed by atoms with Crippen molar-refractivity contribution < 1.29 is 24.3 Å². The first-order valence-electron chi connectivity index (χ1n) is 9.81. The summed E-state index contributed by atoms with van der Waals surface area (Å²) in [5.74, 6) is -3.15. The smallest absolute Gasteiger partial charge is 0.322 e. The molecule has 0 saturated carbocycles. The Labute approximate surface area is 167 Å². The van der Waals surface area contributed by atoms with E-state index in [1.165, 1.54) is 0 Å². The molecule has 6 N–H and O–H groups in total. The van der Waals surface area contributed by atoms with Gasteiger partial charge in [0, 0.05) is 0 Å². The highest BCUT2D eigenvalue weighted by Gasteiger charge is 2.32. The molecule has 5 unspecified atom stereocenters. The summed E-state index contributed by atoms with van der Waals surface area (Å²) in [6.07, 6.45) is 1.33. The Morgan fingerprint density at radius 3 is 1.75 bits per heavy atom. The number of rotatable bonds is 12. The topological polar surface area (TPSA) is 151 Å². The van der Waals surface area contributed by atoms with Crippen LogP contribution in [0.15, 0.2) is 0 Å². The van der Waals surface area contributed by atoms with E-state index in [0.29, 0.717) is 6.42 Å². The molecule has 0 radical (unpaired) electrons. The SMILES string of the molecule is CCC(C)C(N)C(=O)NC(C(=O)NC(C(=O)NCC(=O)O)C(C)CC)C(C)C. The molecule has 0 aromatic rings. The van der Waals surface area contributed by atoms with Gasteiger partial charge in [0.25, 0.3) is 0 Å². The third kappa shape index (κ3) is 8.24. The van der Waals surface area contributed by atoms with Crippen LogP contribution in [0.5, 0.6) is 0 Å². The molecular formula is C19H36N4O5. The van der Waals surface area contributed by atoms with Gasteiger partial charge in [0.1, 0.15) is 18.6 Å². The Kier molecular flexibility index (Phi) is 11.4. The Morgan fingerprint density at radius 1 is 0.821 bits per heavy atom. The molecule has 28 heavy (non-hydrogen) atoms. The normalized spacial score (nSPS) is 16.4. The molecule has 0 aliphatic heterocycles. The van der Waals surface area contributed by atoms with Crippen LogP contribution < -0.4 is 21.7 Å². The Bertz CT molecular complexity index is 552. The molecule has 0 saturated heterocycles. The lowest BCUT2D eigenvalue weighted by Crippen LogP contribution is -2.59. The van der Waals surface area contributed by atoms with E-state index in [-0.39, 0.29) is 17.8 Å². The van der Waals surface area contributed by atoms with Gasteiger partial charge in [-0.05, 0) is 17.8 Å². The highest BCUT2D eigenvalue weighted by molar-refractivity contribution is 5.94. The summed E-state index contributed by atoms with van der Waals surface area (Å²) in [5.41, 5.74) is 5.94. The standard InChI is InChI=1S/C19H36N4O5/c1-7-11(5)14(20)17(26)22-15(10(3)4)19(28)23-16(12(6)8-2)18(27)21-9-13(24)25/h10-12,14-16H,7-9,20H2,1-6H3,(H,21,27)(H,22,26)(H,23,28)(H,24,25). The van der Waals surface area contributed by atoms with Crippen LogP contribution in [0, 0.1) is 17.8 Å². The number of carboxylic acids is 1. The first kappa shape index (κ1) is 25.8. The third-order valence-corrected chi connectivity index (χ3v) is 5.01. The molecular weight excluding hydrogens is 364 g/mol. The maximum atomic E-state index is 12.8. The summed E-state index contributed by atoms with van der Waals surface area (Å²) >= 11 is 0. The third-order valence-electron chi connectivity index (χ3n) is 5.01. The van der Waals surface area contributed by atoms with Crippen molar-refractivity contribution in [1.82, 2.24) is 16.0 Å². The van der Waals surface area contributed by atoms with Crippen LogP contribution >= 0.6 is 0 Å². The van der Waals surface area contributed by atoms with Crippen LogP contribution in [-0.4, -0.2) is 53.5 Å². The van der Waals surface area contributed by atoms with Crippen molar-refractivity contribution in [3.05, 3.63) is 0 Å². The van der Waals surface area contributed by atoms with E-state index in [9.17, 15) is 19.2 Å². The second-order valence-electron chi connectivity index (χ2n) is 7.62. The van der Waals surface area contributed by atoms with E-state index in [2.05, 4.69) is 16.0 Å². The predicted octanol–water partition coefficient (Wildman–Crippen LogP) is 0.232. The predicted molar refractivity (Wildman–Crippen MR) is 106 cm³/mol. The van der Waals surface area contributed by atoms with Crippen LogP contribution in [0.3, 0.4) is 0 Å². The lowest BCUT2D eigenvalue weighted by atomic mass is 9.95. The molecule has 9 nitrogen and oxygen atoms in total. The van der Waals surface area contributed by atoms with Gasteiger partial charge in [-0.25, -0.2) is 0 Å². The van der Waals surface area contributed by atoms with E-state index in [1.54, 1.807) is 20.8 Å². The zero-order chi connectivity index (χ0) is 22.0. The second kappa shape index (κ2) is 12.3. The van der Waals surface area contributed by atoms with Crippen molar-refractivity contribution in [1.29, 1.82) is 0 Å². The highest BCUT2D eigenvalue weighted by atomic mass is 16.4. The Morgan fingerprint density at radius 2 is 1.32 bits per heavy atom. The molecule has 3 amide bonds. The lowest BCUT2D eigenvalue weighted by Gasteiger charge is -2.29. The number of carboxylic acid groups (broad SMARTS) is 1. The minimum absolute atomic E-state index is 0.0365. The molecule has 0 aromatic carbocycles. The maximum Gasteiger partial charge on any atom is 0.322 e. The summed E-state index contributed by atoms with van der Waals surface area (Å²) < 4.78 is 0. The minimum Gasteiger partial charge on any atom is -0.480 e. The van der Waals surface area contributed by atoms with Crippen molar-refractivity contribution in [3.63, 3.8) is 0 Å². The summed E-state index contributed by atoms with van der Waals surface area (Å²) in [6.45, 7) is 10.5. The number of amides is 3. The first-order chi connectivity index (χ1) is 13.0. The number of nitrogens with one attached hydrogen (secondary N) is 3. The summed E-state index contributed by atoms with van der Waals surface area (Å²) in [4.78, 5) is 48.2. The molecule has 5 atom stereocenters. The molecule has 0 fully saturated rings. The summed E-state index contributed by atoms with van der Waals surface area (Å²) in [7, 11) is 0. The van der Waals surface area contributed by atoms with Gasteiger partial charge in [-0.1, -0.05) is 54.4 Å². The maximum absolute atomic E-state index is 12.8. The van der Waals surface area contributed by atoms with E-state index >= 15 is 0 Å². The molecule has 0 aliphatic rings. The van der Waals surface area contributed by atoms with Crippen molar-refractivity contribution in [3.8, 4) is 0 Å². The number of carbonyl (C=O) groups excluding carboxylic acids is 3. The highest BCUT2D eigenvalue weighted by Crippen LogP contribution is 2.11. The first-order valence-corrected chi connectivity index (χ1v) is 9.81. The van der Waals surface area contributed by atoms with Gasteiger partial charge in [0.2, 0.25) is 17.7 Å². The van der Waals surface area contributed by atoms with E-state index in [1.807, 2.05) is 20.8 Å². The van der Waals surface area contributed by atoms with E-state index in [0.717, 1.165) is 6.42 Å². The molecule has 9 heteroatoms. The van der Waals surface area contributed by atoms with Crippen LogP contribution in [0.4, 0.5) is 0 Å². The molecule has 0 aromatic heterocycles. The average Bonchev–Trinajstić information content (AvgIpc) is 2.65. The fourth-order valence-corrected chi connectivity index (χ4v) is 2.51. The second-order valence-corrected chi connectivity index (χ2v) is 7.62. The number of hydrogen-bond donors (Lipinski definition) is 5. The zero-order valence-corrected chi connectivity index (χ0v) is 17.7. The van der Waals surface area contributed by atoms with Gasteiger partial charge < -0.3 is 26.8 Å². The summed E-state index contributed by atoms with van der Waals surface area (Å²) in [6, 6.07) is -2.50. The largest absolute Gasteiger partial charge is 0.480 e. The number of nitrogens with two attached hydrogens (primary N) is 1.